The van der Waals surface area contributed by atoms with Crippen LogP contribution in [0.5, 0.6) is 0 Å². The molecule has 0 bridgehead atoms. The van der Waals surface area contributed by atoms with Gasteiger partial charge in [-0.3, -0.25) is 34.1 Å². The molecule has 0 spiro atoms. The minimum atomic E-state index is -1.05. The standard InChI is InChI=1S/C25H25ClFN5O5S.C17H14BrClFN3O2S.C10H15NO3.CH3/c1-2-37-25(36)18-15(12-31-9-10-32-16(6-7-17(32)33)21(31)24(34)35)29-22(23-28-8-11-38-23)30-20(18)13-4-3-5-14(27)19(13)26;1-2-25-17(24)12-11(8-18)22-15(16-21-6-7-26-16)23-14(12)9-4-3-5-10(20)13(9)19;1-14-10(13)7-3-2-6-11-8(7)4-5-9(11)12;/h3-5,8,11,16,20-21H,2,6-7,9-10,12H2,1H3,(H,29,30)(H,34,35);3-7,14H,2,8H2,1H3,(H,22,23);7-8H,2-6H2,1H3;1H3/q;;;-1/t16-,20+,21+;14-;7-,8+;/m100./s1. The van der Waals surface area contributed by atoms with Crippen LogP contribution in [0, 0.1) is 25.0 Å². The summed E-state index contributed by atoms with van der Waals surface area (Å²) in [7, 11) is 1.41. The van der Waals surface area contributed by atoms with Gasteiger partial charge < -0.3 is 47.2 Å². The number of amidine groups is 2. The summed E-state index contributed by atoms with van der Waals surface area (Å²) in [5.41, 5.74) is 1.99. The van der Waals surface area contributed by atoms with E-state index in [1.807, 2.05) is 10.3 Å². The number of aliphatic imine (C=N–C) groups is 2. The average Bonchev–Trinajstić information content (AvgIpc) is 4.34. The number of fused-ring (bicyclic) bond motifs is 2. The molecule has 19 nitrogen and oxygen atoms in total. The number of carboxylic acids is 1. The highest BCUT2D eigenvalue weighted by atomic mass is 79.9. The number of nitrogens with zero attached hydrogens (tertiary/aromatic N) is 7. The van der Waals surface area contributed by atoms with Gasteiger partial charge in [-0.25, -0.2) is 28.3 Å². The maximum atomic E-state index is 14.5. The molecule has 79 heavy (non-hydrogen) atoms. The number of piperidine rings is 1. The number of carboxylic acid groups (broad SMARTS) is 1. The number of hydrogen-bond donors (Lipinski definition) is 3. The molecule has 6 aliphatic rings. The topological polar surface area (TPSA) is 235 Å². The first-order valence-electron chi connectivity index (χ1n) is 25.0. The summed E-state index contributed by atoms with van der Waals surface area (Å²) in [4.78, 5) is 96.6. The van der Waals surface area contributed by atoms with Crippen LogP contribution in [0.2, 0.25) is 10.0 Å². The second-order valence-electron chi connectivity index (χ2n) is 18.2. The third-order valence-electron chi connectivity index (χ3n) is 13.8. The van der Waals surface area contributed by atoms with Gasteiger partial charge in [0, 0.05) is 96.1 Å². The third kappa shape index (κ3) is 13.2. The van der Waals surface area contributed by atoms with Gasteiger partial charge in [0.1, 0.15) is 29.8 Å². The van der Waals surface area contributed by atoms with Crippen molar-refractivity contribution in [3.05, 3.63) is 132 Å². The van der Waals surface area contributed by atoms with Gasteiger partial charge in [-0.05, 0) is 51.7 Å². The molecule has 6 aliphatic heterocycles. The van der Waals surface area contributed by atoms with Gasteiger partial charge in [-0.2, -0.15) is 0 Å². The number of carbonyl (C=O) groups is 6. The van der Waals surface area contributed by atoms with E-state index in [4.69, 9.17) is 42.4 Å². The Hall–Kier alpha value is -6.18. The van der Waals surface area contributed by atoms with E-state index >= 15 is 0 Å². The van der Waals surface area contributed by atoms with Crippen LogP contribution in [0.1, 0.15) is 85.6 Å². The molecule has 2 aromatic carbocycles. The van der Waals surface area contributed by atoms with Gasteiger partial charge in [0.25, 0.3) is 0 Å². The van der Waals surface area contributed by atoms with Crippen LogP contribution in [-0.4, -0.2) is 147 Å². The minimum absolute atomic E-state index is 0. The zero-order valence-corrected chi connectivity index (χ0v) is 48.1. The zero-order valence-electron chi connectivity index (χ0n) is 43.4. The highest BCUT2D eigenvalue weighted by molar-refractivity contribution is 9.09. The summed E-state index contributed by atoms with van der Waals surface area (Å²) >= 11 is 18.6. The number of benzene rings is 2. The number of rotatable bonds is 13. The van der Waals surface area contributed by atoms with Gasteiger partial charge >= 0.3 is 23.9 Å². The van der Waals surface area contributed by atoms with E-state index in [9.17, 15) is 42.7 Å². The van der Waals surface area contributed by atoms with Crippen LogP contribution in [-0.2, 0) is 43.0 Å². The smallest absolute Gasteiger partial charge is 0.338 e. The fraction of sp³-hybridized carbons (Fsp3) is 0.415. The largest absolute Gasteiger partial charge is 0.480 e. The molecular formula is C53H57BrCl2F2N9O10S2-. The van der Waals surface area contributed by atoms with Gasteiger partial charge in [-0.1, -0.05) is 63.4 Å². The highest BCUT2D eigenvalue weighted by Crippen LogP contribution is 2.40. The Morgan fingerprint density at radius 3 is 1.75 bits per heavy atom. The number of amides is 2. The maximum absolute atomic E-state index is 14.5. The molecule has 0 aliphatic carbocycles. The molecule has 422 valence electrons. The third-order valence-corrected chi connectivity index (χ3v) is 16.7. The summed E-state index contributed by atoms with van der Waals surface area (Å²) in [5, 5.41) is 21.3. The number of piperazine rings is 1. The van der Waals surface area contributed by atoms with Gasteiger partial charge in [0.05, 0.1) is 53.5 Å². The monoisotopic (exact) mass is 1230 g/mol. The van der Waals surface area contributed by atoms with Crippen molar-refractivity contribution < 1.29 is 56.9 Å². The van der Waals surface area contributed by atoms with E-state index < -0.39 is 53.7 Å². The predicted molar refractivity (Wildman–Crippen MR) is 297 cm³/mol. The molecule has 0 saturated carbocycles. The van der Waals surface area contributed by atoms with E-state index in [1.54, 1.807) is 53.6 Å². The van der Waals surface area contributed by atoms with Crippen molar-refractivity contribution in [1.29, 1.82) is 0 Å². The number of hydrogen-bond acceptors (Lipinski definition) is 18. The molecule has 4 fully saturated rings. The molecule has 2 amide bonds. The van der Waals surface area contributed by atoms with Crippen LogP contribution in [0.4, 0.5) is 8.78 Å². The van der Waals surface area contributed by atoms with Crippen molar-refractivity contribution in [3.63, 3.8) is 0 Å². The van der Waals surface area contributed by atoms with Crippen molar-refractivity contribution in [3.8, 4) is 0 Å². The lowest BCUT2D eigenvalue weighted by atomic mass is 9.89. The van der Waals surface area contributed by atoms with Gasteiger partial charge in [-0.15, -0.1) is 22.7 Å². The molecule has 0 radical (unpaired) electrons. The lowest BCUT2D eigenvalue weighted by molar-refractivity contribution is -0.151. The molecular weight excluding hydrogens is 1180 g/mol. The Bertz CT molecular complexity index is 3060. The van der Waals surface area contributed by atoms with Crippen LogP contribution in [0.3, 0.4) is 0 Å². The Balaban J connectivity index is 0.000000189. The summed E-state index contributed by atoms with van der Waals surface area (Å²) in [6.45, 7) is 5.19. The van der Waals surface area contributed by atoms with Crippen LogP contribution in [0.15, 0.2) is 92.1 Å². The van der Waals surface area contributed by atoms with Crippen LogP contribution in [0.25, 0.3) is 0 Å². The molecule has 6 atom stereocenters. The summed E-state index contributed by atoms with van der Waals surface area (Å²) in [6.07, 6.45) is 7.21. The lowest BCUT2D eigenvalue weighted by Gasteiger charge is -2.43. The fourth-order valence-electron chi connectivity index (χ4n) is 10.4. The summed E-state index contributed by atoms with van der Waals surface area (Å²) in [5.74, 6) is -2.75. The molecule has 10 rings (SSSR count). The molecule has 4 saturated heterocycles. The molecule has 2 aromatic heterocycles. The zero-order chi connectivity index (χ0) is 55.8. The van der Waals surface area contributed by atoms with Crippen molar-refractivity contribution in [2.75, 3.05) is 51.8 Å². The number of ether oxygens (including phenoxy) is 3. The molecule has 26 heteroatoms. The molecule has 4 aromatic rings. The maximum Gasteiger partial charge on any atom is 0.338 e. The van der Waals surface area contributed by atoms with E-state index in [0.717, 1.165) is 25.8 Å². The Morgan fingerprint density at radius 1 is 0.759 bits per heavy atom. The van der Waals surface area contributed by atoms with Crippen LogP contribution >= 0.6 is 61.8 Å². The average molecular weight is 1230 g/mol. The fourth-order valence-corrected chi connectivity index (χ4v) is 12.5. The second-order valence-corrected chi connectivity index (χ2v) is 21.3. The number of halogens is 5. The van der Waals surface area contributed by atoms with Crippen molar-refractivity contribution in [2.24, 2.45) is 15.9 Å². The Kier molecular flexibility index (Phi) is 20.9. The van der Waals surface area contributed by atoms with Gasteiger partial charge in [0.15, 0.2) is 21.7 Å². The predicted octanol–water partition coefficient (Wildman–Crippen LogP) is 7.85. The Labute approximate surface area is 481 Å². The number of allylic oxidation sites excluding steroid dienone is 1. The Morgan fingerprint density at radius 2 is 1.27 bits per heavy atom. The summed E-state index contributed by atoms with van der Waals surface area (Å²) in [6, 6.07) is 5.59. The van der Waals surface area contributed by atoms with E-state index in [1.165, 1.54) is 54.0 Å². The highest BCUT2D eigenvalue weighted by Gasteiger charge is 2.48. The molecule has 0 unspecified atom stereocenters. The minimum Gasteiger partial charge on any atom is -0.480 e. The number of carbonyl (C=O) groups excluding carboxylic acids is 5. The lowest BCUT2D eigenvalue weighted by Crippen LogP contribution is -2.62. The summed E-state index contributed by atoms with van der Waals surface area (Å²) < 4.78 is 43.8. The number of esters is 3. The number of aliphatic carboxylic acids is 1. The number of alkyl halides is 1. The normalized spacial score (nSPS) is 22.5. The first-order chi connectivity index (χ1) is 37.6. The number of nitrogens with one attached hydrogen (secondary N) is 2. The van der Waals surface area contributed by atoms with E-state index in [0.29, 0.717) is 69.8 Å². The first-order valence-corrected chi connectivity index (χ1v) is 28.6. The first kappa shape index (κ1) is 60.5. The molecule has 3 N–H and O–H groups in total. The second kappa shape index (κ2) is 27.3. The van der Waals surface area contributed by atoms with Crippen molar-refractivity contribution >= 4 is 109 Å². The van der Waals surface area contributed by atoms with Crippen molar-refractivity contribution in [2.45, 2.75) is 82.6 Å². The number of thiazole rings is 2. The van der Waals surface area contributed by atoms with Crippen LogP contribution < -0.4 is 10.6 Å². The molecule has 8 heterocycles. The van der Waals surface area contributed by atoms with E-state index in [2.05, 4.69) is 41.5 Å². The van der Waals surface area contributed by atoms with Crippen molar-refractivity contribution in [1.82, 2.24) is 35.3 Å². The van der Waals surface area contributed by atoms with E-state index in [-0.39, 0.29) is 90.2 Å². The number of aromatic nitrogens is 2. The van der Waals surface area contributed by atoms with Gasteiger partial charge in [0.2, 0.25) is 11.8 Å². The number of methoxy groups -OCH3 is 1. The quantitative estimate of drug-likeness (QED) is 0.0500. The SMILES string of the molecule is CCOC(=O)C1=C(CBr)NC(c2nccs2)=N[C@H]1c1cccc(F)c1Cl.CCOC(=O)C1=C(CN2CCN3C(=O)CC[C@@H]3[C@H]2C(=O)O)NC(c2nccs2)=N[C@H]1c1cccc(F)c1Cl.COC(=O)[C@H]1CCCN2C(=O)CC[C@H]12.[CH3-].